The molecular formula is C20H20FN5O3. The second-order valence-corrected chi connectivity index (χ2v) is 6.44. The Bertz CT molecular complexity index is 953. The van der Waals surface area contributed by atoms with Crippen molar-refractivity contribution in [3.63, 3.8) is 0 Å². The normalized spacial score (nSPS) is 16.4. The summed E-state index contributed by atoms with van der Waals surface area (Å²) in [6.07, 6.45) is 1.55. The third-order valence-corrected chi connectivity index (χ3v) is 4.52. The summed E-state index contributed by atoms with van der Waals surface area (Å²) in [5.41, 5.74) is 2.57. The molecule has 1 aromatic heterocycles. The fourth-order valence-electron chi connectivity index (χ4n) is 3.01. The summed E-state index contributed by atoms with van der Waals surface area (Å²) in [6.45, 7) is 1.43. The molecule has 150 valence electrons. The Labute approximate surface area is 166 Å². The number of morpholine rings is 1. The first-order chi connectivity index (χ1) is 14.2. The molecule has 0 spiro atoms. The van der Waals surface area contributed by atoms with Crippen LogP contribution in [0.5, 0.6) is 5.75 Å². The molecule has 2 heterocycles. The maximum Gasteiger partial charge on any atom is 0.277 e. The summed E-state index contributed by atoms with van der Waals surface area (Å²) in [7, 11) is 0. The Morgan fingerprint density at radius 3 is 2.72 bits per heavy atom. The fraction of sp³-hybridized carbons (Fsp3) is 0.250. The van der Waals surface area contributed by atoms with Crippen molar-refractivity contribution < 1.29 is 18.7 Å². The van der Waals surface area contributed by atoms with Gasteiger partial charge in [0.25, 0.3) is 5.91 Å². The molecule has 0 aliphatic carbocycles. The Morgan fingerprint density at radius 1 is 1.24 bits per heavy atom. The molecule has 8 nitrogen and oxygen atoms in total. The molecule has 1 aliphatic heterocycles. The lowest BCUT2D eigenvalue weighted by molar-refractivity contribution is 0.0277. The van der Waals surface area contributed by atoms with Crippen LogP contribution in [0.25, 0.3) is 5.69 Å². The topological polar surface area (TPSA) is 90.3 Å². The maximum atomic E-state index is 12.5. The summed E-state index contributed by atoms with van der Waals surface area (Å²) in [5.74, 6) is 0.0455. The van der Waals surface area contributed by atoms with Gasteiger partial charge >= 0.3 is 0 Å². The molecule has 1 fully saturated rings. The number of benzene rings is 2. The van der Waals surface area contributed by atoms with Gasteiger partial charge in [-0.15, -0.1) is 5.10 Å². The molecule has 1 saturated heterocycles. The lowest BCUT2D eigenvalue weighted by Crippen LogP contribution is -2.33. The van der Waals surface area contributed by atoms with E-state index >= 15 is 0 Å². The number of nitrogens with zero attached hydrogens (tertiary/aromatic N) is 3. The molecule has 0 unspecified atom stereocenters. The third-order valence-electron chi connectivity index (χ3n) is 4.52. The number of carbonyl (C=O) groups is 1. The second-order valence-electron chi connectivity index (χ2n) is 6.44. The van der Waals surface area contributed by atoms with Crippen molar-refractivity contribution in [1.82, 2.24) is 20.3 Å². The standard InChI is InChI=1S/C20H20FN5O3/c21-13-29-17-7-5-16(6-8-17)26-12-18(24-25-26)20(27)23-15-3-1-14(2-4-15)19-11-22-9-10-28-19/h1-8,12,19,22H,9-11,13H2,(H,23,27)/t19-/m1/s1. The molecule has 1 aliphatic rings. The van der Waals surface area contributed by atoms with Crippen molar-refractivity contribution in [3.8, 4) is 11.4 Å². The summed E-state index contributed by atoms with van der Waals surface area (Å²) < 4.78 is 24.1. The van der Waals surface area contributed by atoms with Gasteiger partial charge < -0.3 is 20.1 Å². The lowest BCUT2D eigenvalue weighted by Gasteiger charge is -2.24. The molecule has 9 heteroatoms. The van der Waals surface area contributed by atoms with Gasteiger partial charge in [-0.2, -0.15) is 0 Å². The first-order valence-corrected chi connectivity index (χ1v) is 9.18. The van der Waals surface area contributed by atoms with Gasteiger partial charge in [-0.25, -0.2) is 9.07 Å². The van der Waals surface area contributed by atoms with E-state index in [1.807, 2.05) is 24.3 Å². The Hall–Kier alpha value is -3.30. The first-order valence-electron chi connectivity index (χ1n) is 9.18. The molecule has 0 saturated carbocycles. The van der Waals surface area contributed by atoms with Gasteiger partial charge in [0.15, 0.2) is 5.69 Å². The minimum Gasteiger partial charge on any atom is -0.463 e. The number of alkyl halides is 1. The summed E-state index contributed by atoms with van der Waals surface area (Å²) in [5, 5.41) is 14.0. The zero-order valence-corrected chi connectivity index (χ0v) is 15.5. The number of halogens is 1. The highest BCUT2D eigenvalue weighted by Gasteiger charge is 2.16. The smallest absolute Gasteiger partial charge is 0.277 e. The largest absolute Gasteiger partial charge is 0.463 e. The number of anilines is 1. The van der Waals surface area contributed by atoms with Crippen LogP contribution in [-0.4, -0.2) is 47.5 Å². The van der Waals surface area contributed by atoms with Gasteiger partial charge in [-0.3, -0.25) is 4.79 Å². The van der Waals surface area contributed by atoms with Crippen LogP contribution >= 0.6 is 0 Å². The number of hydrogen-bond acceptors (Lipinski definition) is 6. The average Bonchev–Trinajstić information content (AvgIpc) is 3.26. The number of rotatable bonds is 6. The van der Waals surface area contributed by atoms with Crippen LogP contribution in [0.3, 0.4) is 0 Å². The quantitative estimate of drug-likeness (QED) is 0.664. The first kappa shape index (κ1) is 19.0. The Kier molecular flexibility index (Phi) is 5.78. The number of amides is 1. The summed E-state index contributed by atoms with van der Waals surface area (Å²) in [6, 6.07) is 14.2. The molecular weight excluding hydrogens is 377 g/mol. The fourth-order valence-corrected chi connectivity index (χ4v) is 3.01. The van der Waals surface area contributed by atoms with Crippen molar-refractivity contribution in [2.45, 2.75) is 6.10 Å². The van der Waals surface area contributed by atoms with Crippen molar-refractivity contribution >= 4 is 11.6 Å². The van der Waals surface area contributed by atoms with Crippen LogP contribution in [0.2, 0.25) is 0 Å². The van der Waals surface area contributed by atoms with Crippen LogP contribution in [0.1, 0.15) is 22.2 Å². The number of carbonyl (C=O) groups excluding carboxylic acids is 1. The average molecular weight is 397 g/mol. The van der Waals surface area contributed by atoms with E-state index in [1.54, 1.807) is 24.3 Å². The lowest BCUT2D eigenvalue weighted by atomic mass is 10.1. The van der Waals surface area contributed by atoms with E-state index in [9.17, 15) is 9.18 Å². The van der Waals surface area contributed by atoms with E-state index in [4.69, 9.17) is 9.47 Å². The van der Waals surface area contributed by atoms with E-state index in [0.717, 1.165) is 18.7 Å². The molecule has 1 atom stereocenters. The molecule has 2 N–H and O–H groups in total. The molecule has 29 heavy (non-hydrogen) atoms. The third kappa shape index (κ3) is 4.58. The number of aromatic nitrogens is 3. The highest BCUT2D eigenvalue weighted by molar-refractivity contribution is 6.02. The van der Waals surface area contributed by atoms with Crippen LogP contribution in [-0.2, 0) is 4.74 Å². The SMILES string of the molecule is O=C(Nc1ccc([C@H]2CNCCO2)cc1)c1cn(-c2ccc(OCF)cc2)nn1. The summed E-state index contributed by atoms with van der Waals surface area (Å²) in [4.78, 5) is 12.5. The predicted octanol–water partition coefficient (Wildman–Crippen LogP) is 2.49. The van der Waals surface area contributed by atoms with Gasteiger partial charge in [0.1, 0.15) is 5.75 Å². The minimum atomic E-state index is -0.890. The molecule has 1 amide bonds. The van der Waals surface area contributed by atoms with Crippen molar-refractivity contribution in [2.75, 3.05) is 31.9 Å². The van der Waals surface area contributed by atoms with Crippen molar-refractivity contribution in [3.05, 3.63) is 66.0 Å². The molecule has 2 aromatic carbocycles. The van der Waals surface area contributed by atoms with Gasteiger partial charge in [-0.1, -0.05) is 17.3 Å². The van der Waals surface area contributed by atoms with Crippen LogP contribution in [0, 0.1) is 0 Å². The molecule has 0 radical (unpaired) electrons. The zero-order chi connectivity index (χ0) is 20.1. The van der Waals surface area contributed by atoms with Crippen LogP contribution < -0.4 is 15.4 Å². The Morgan fingerprint density at radius 2 is 2.03 bits per heavy atom. The van der Waals surface area contributed by atoms with E-state index in [2.05, 4.69) is 20.9 Å². The minimum absolute atomic E-state index is 0.0232. The van der Waals surface area contributed by atoms with E-state index in [-0.39, 0.29) is 17.7 Å². The number of hydrogen-bond donors (Lipinski definition) is 2. The van der Waals surface area contributed by atoms with Gasteiger partial charge in [0, 0.05) is 18.8 Å². The highest BCUT2D eigenvalue weighted by Crippen LogP contribution is 2.21. The van der Waals surface area contributed by atoms with Crippen molar-refractivity contribution in [1.29, 1.82) is 0 Å². The zero-order valence-electron chi connectivity index (χ0n) is 15.5. The molecule has 3 aromatic rings. The van der Waals surface area contributed by atoms with Crippen LogP contribution in [0.15, 0.2) is 54.7 Å². The Balaban J connectivity index is 1.40. The predicted molar refractivity (Wildman–Crippen MR) is 104 cm³/mol. The van der Waals surface area contributed by atoms with Gasteiger partial charge in [0.2, 0.25) is 6.86 Å². The maximum absolute atomic E-state index is 12.5. The van der Waals surface area contributed by atoms with Gasteiger partial charge in [-0.05, 0) is 42.0 Å². The van der Waals surface area contributed by atoms with E-state index in [1.165, 1.54) is 10.9 Å². The number of nitrogens with one attached hydrogen (secondary N) is 2. The highest BCUT2D eigenvalue weighted by atomic mass is 19.1. The number of ether oxygens (including phenoxy) is 2. The summed E-state index contributed by atoms with van der Waals surface area (Å²) >= 11 is 0. The molecule has 4 rings (SSSR count). The van der Waals surface area contributed by atoms with E-state index < -0.39 is 6.86 Å². The molecule has 0 bridgehead atoms. The second kappa shape index (κ2) is 8.80. The monoisotopic (exact) mass is 397 g/mol. The van der Waals surface area contributed by atoms with Crippen molar-refractivity contribution in [2.24, 2.45) is 0 Å². The van der Waals surface area contributed by atoms with Gasteiger partial charge in [0.05, 0.1) is 24.6 Å². The van der Waals surface area contributed by atoms with Crippen LogP contribution in [0.4, 0.5) is 10.1 Å². The van der Waals surface area contributed by atoms with E-state index in [0.29, 0.717) is 23.7 Å².